The number of benzene rings is 2. The molecule has 1 fully saturated rings. The number of nitrogens with two attached hydrogens (primary N) is 1. The molecule has 2 aromatic carbocycles. The summed E-state index contributed by atoms with van der Waals surface area (Å²) in [6.07, 6.45) is 2.71. The molecule has 0 aliphatic carbocycles. The molecule has 5 heteroatoms. The van der Waals surface area contributed by atoms with Crippen molar-refractivity contribution in [2.45, 2.75) is 39.7 Å². The fraction of sp³-hybridized carbons (Fsp3) is 0.333. The Morgan fingerprint density at radius 1 is 1.12 bits per heavy atom. The summed E-state index contributed by atoms with van der Waals surface area (Å²) in [6, 6.07) is 14.1. The number of aryl methyl sites for hydroxylation is 2. The zero-order valence-electron chi connectivity index (χ0n) is 15.5. The van der Waals surface area contributed by atoms with E-state index in [4.69, 9.17) is 5.73 Å². The van der Waals surface area contributed by atoms with Crippen LogP contribution in [0.5, 0.6) is 0 Å². The molecule has 0 bridgehead atoms. The smallest absolute Gasteiger partial charge is 0.226 e. The largest absolute Gasteiger partial charge is 0.370 e. The third-order valence-corrected chi connectivity index (χ3v) is 4.78. The second-order valence-electron chi connectivity index (χ2n) is 6.79. The maximum atomic E-state index is 12.0. The number of hydrogen-bond donors (Lipinski definition) is 2. The van der Waals surface area contributed by atoms with E-state index in [1.165, 1.54) is 11.1 Å². The van der Waals surface area contributed by atoms with Gasteiger partial charge in [0.25, 0.3) is 0 Å². The maximum absolute atomic E-state index is 12.0. The second-order valence-corrected chi connectivity index (χ2v) is 6.79. The first kappa shape index (κ1) is 18.0. The molecule has 0 atom stereocenters. The van der Waals surface area contributed by atoms with Crippen LogP contribution in [0.2, 0.25) is 0 Å². The Bertz CT molecular complexity index is 811. The molecule has 0 unspecified atom stereocenters. The molecule has 1 amide bonds. The minimum atomic E-state index is 0.212. The molecule has 136 valence electrons. The van der Waals surface area contributed by atoms with Crippen molar-refractivity contribution in [3.63, 3.8) is 0 Å². The van der Waals surface area contributed by atoms with E-state index < -0.39 is 0 Å². The average Bonchev–Trinajstić information content (AvgIpc) is 2.64. The fourth-order valence-corrected chi connectivity index (χ4v) is 3.04. The number of carbonyl (C=O) groups excluding carboxylic acids is 1. The van der Waals surface area contributed by atoms with Gasteiger partial charge in [0.2, 0.25) is 5.91 Å². The number of aliphatic imine (C=N–C) groups is 1. The van der Waals surface area contributed by atoms with E-state index in [-0.39, 0.29) is 5.91 Å². The average molecular weight is 350 g/mol. The Labute approximate surface area is 154 Å². The molecule has 3 rings (SSSR count). The van der Waals surface area contributed by atoms with Gasteiger partial charge >= 0.3 is 0 Å². The Morgan fingerprint density at radius 3 is 2.58 bits per heavy atom. The van der Waals surface area contributed by atoms with Crippen molar-refractivity contribution in [1.82, 2.24) is 0 Å². The quantitative estimate of drug-likeness (QED) is 0.652. The van der Waals surface area contributed by atoms with Gasteiger partial charge in [-0.2, -0.15) is 0 Å². The minimum absolute atomic E-state index is 0.212. The summed E-state index contributed by atoms with van der Waals surface area (Å²) < 4.78 is 0. The number of amides is 1. The van der Waals surface area contributed by atoms with Crippen molar-refractivity contribution in [1.29, 1.82) is 0 Å². The van der Waals surface area contributed by atoms with Gasteiger partial charge in [-0.25, -0.2) is 4.99 Å². The highest BCUT2D eigenvalue weighted by atomic mass is 16.2. The normalized spacial score (nSPS) is 15.2. The summed E-state index contributed by atoms with van der Waals surface area (Å²) in [7, 11) is 0. The number of carbonyl (C=O) groups is 1. The van der Waals surface area contributed by atoms with Crippen molar-refractivity contribution >= 4 is 23.2 Å². The van der Waals surface area contributed by atoms with Crippen LogP contribution in [0.15, 0.2) is 47.5 Å². The number of piperidine rings is 1. The second kappa shape index (κ2) is 8.04. The van der Waals surface area contributed by atoms with Crippen molar-refractivity contribution in [3.05, 3.63) is 59.2 Å². The monoisotopic (exact) mass is 350 g/mol. The van der Waals surface area contributed by atoms with Gasteiger partial charge in [-0.1, -0.05) is 18.2 Å². The molecule has 0 radical (unpaired) electrons. The van der Waals surface area contributed by atoms with Gasteiger partial charge in [-0.15, -0.1) is 0 Å². The van der Waals surface area contributed by atoms with E-state index in [0.29, 0.717) is 18.9 Å². The van der Waals surface area contributed by atoms with E-state index in [9.17, 15) is 4.79 Å². The van der Waals surface area contributed by atoms with Crippen LogP contribution in [0.1, 0.15) is 36.0 Å². The number of guanidine groups is 1. The summed E-state index contributed by atoms with van der Waals surface area (Å²) in [5.41, 5.74) is 11.4. The van der Waals surface area contributed by atoms with Crippen LogP contribution in [0.3, 0.4) is 0 Å². The number of hydrogen-bond acceptors (Lipinski definition) is 2. The molecule has 1 saturated heterocycles. The predicted molar refractivity (Wildman–Crippen MR) is 108 cm³/mol. The van der Waals surface area contributed by atoms with Crippen molar-refractivity contribution in [2.24, 2.45) is 10.7 Å². The lowest BCUT2D eigenvalue weighted by Crippen LogP contribution is -2.35. The Hall–Kier alpha value is -2.82. The molecule has 0 saturated carbocycles. The topological polar surface area (TPSA) is 70.7 Å². The number of rotatable bonds is 4. The van der Waals surface area contributed by atoms with Crippen LogP contribution in [-0.2, 0) is 11.3 Å². The van der Waals surface area contributed by atoms with E-state index in [1.807, 2.05) is 35.2 Å². The van der Waals surface area contributed by atoms with Crippen LogP contribution < -0.4 is 16.0 Å². The van der Waals surface area contributed by atoms with Crippen LogP contribution >= 0.6 is 0 Å². The Morgan fingerprint density at radius 2 is 1.88 bits per heavy atom. The molecule has 2 aromatic rings. The van der Waals surface area contributed by atoms with Gasteiger partial charge in [0.1, 0.15) is 0 Å². The van der Waals surface area contributed by atoms with Crippen LogP contribution in [0, 0.1) is 13.8 Å². The van der Waals surface area contributed by atoms with E-state index in [2.05, 4.69) is 36.3 Å². The van der Waals surface area contributed by atoms with E-state index in [1.54, 1.807) is 0 Å². The highest BCUT2D eigenvalue weighted by molar-refractivity contribution is 5.94. The molecule has 5 nitrogen and oxygen atoms in total. The summed E-state index contributed by atoms with van der Waals surface area (Å²) in [5.74, 6) is 0.604. The Kier molecular flexibility index (Phi) is 5.56. The molecule has 1 aliphatic heterocycles. The zero-order chi connectivity index (χ0) is 18.5. The van der Waals surface area contributed by atoms with Crippen LogP contribution in [0.4, 0.5) is 11.4 Å². The van der Waals surface area contributed by atoms with E-state index >= 15 is 0 Å². The van der Waals surface area contributed by atoms with Gasteiger partial charge in [0.05, 0.1) is 6.54 Å². The van der Waals surface area contributed by atoms with Crippen LogP contribution in [0.25, 0.3) is 0 Å². The Balaban J connectivity index is 1.60. The number of nitrogens with zero attached hydrogens (tertiary/aromatic N) is 2. The molecule has 1 heterocycles. The lowest BCUT2D eigenvalue weighted by atomic mass is 10.1. The van der Waals surface area contributed by atoms with Crippen molar-refractivity contribution < 1.29 is 4.79 Å². The molecule has 0 spiro atoms. The minimum Gasteiger partial charge on any atom is -0.370 e. The van der Waals surface area contributed by atoms with Gasteiger partial charge in [-0.05, 0) is 67.6 Å². The predicted octanol–water partition coefficient (Wildman–Crippen LogP) is 3.75. The molecule has 26 heavy (non-hydrogen) atoms. The first-order valence-corrected chi connectivity index (χ1v) is 9.06. The zero-order valence-corrected chi connectivity index (χ0v) is 15.5. The molecular weight excluding hydrogens is 324 g/mol. The molecule has 1 aliphatic rings. The highest BCUT2D eigenvalue weighted by Crippen LogP contribution is 2.21. The highest BCUT2D eigenvalue weighted by Gasteiger charge is 2.19. The number of anilines is 2. The van der Waals surface area contributed by atoms with Crippen molar-refractivity contribution in [3.8, 4) is 0 Å². The number of nitrogens with one attached hydrogen (secondary N) is 1. The lowest BCUT2D eigenvalue weighted by molar-refractivity contribution is -0.119. The van der Waals surface area contributed by atoms with Gasteiger partial charge in [0.15, 0.2) is 5.96 Å². The summed E-state index contributed by atoms with van der Waals surface area (Å²) in [5, 5.41) is 3.12. The lowest BCUT2D eigenvalue weighted by Gasteiger charge is -2.26. The van der Waals surface area contributed by atoms with E-state index in [0.717, 1.165) is 36.3 Å². The SMILES string of the molecule is Cc1ccc(NC(N)=NCc2ccc(N3CCCCC3=O)cc2)cc1C. The third-order valence-electron chi connectivity index (χ3n) is 4.78. The van der Waals surface area contributed by atoms with Gasteiger partial charge < -0.3 is 16.0 Å². The summed E-state index contributed by atoms with van der Waals surface area (Å²) in [4.78, 5) is 18.3. The third kappa shape index (κ3) is 4.42. The van der Waals surface area contributed by atoms with Gasteiger partial charge in [0, 0.05) is 24.3 Å². The fourth-order valence-electron chi connectivity index (χ4n) is 3.04. The first-order valence-electron chi connectivity index (χ1n) is 9.06. The summed E-state index contributed by atoms with van der Waals surface area (Å²) in [6.45, 7) is 5.46. The van der Waals surface area contributed by atoms with Gasteiger partial charge in [-0.3, -0.25) is 4.79 Å². The molecular formula is C21H26N4O. The summed E-state index contributed by atoms with van der Waals surface area (Å²) >= 11 is 0. The molecule has 3 N–H and O–H groups in total. The van der Waals surface area contributed by atoms with Crippen molar-refractivity contribution in [2.75, 3.05) is 16.8 Å². The van der Waals surface area contributed by atoms with Crippen LogP contribution in [-0.4, -0.2) is 18.4 Å². The first-order chi connectivity index (χ1) is 12.5. The maximum Gasteiger partial charge on any atom is 0.226 e. The molecule has 0 aromatic heterocycles. The standard InChI is InChI=1S/C21H26N4O/c1-15-6-9-18(13-16(15)2)24-21(22)23-14-17-7-10-19(11-8-17)25-12-4-3-5-20(25)26/h6-11,13H,3-5,12,14H2,1-2H3,(H3,22,23,24).